The summed E-state index contributed by atoms with van der Waals surface area (Å²) in [7, 11) is 0. The number of nitrogens with zero attached hydrogens (tertiary/aromatic N) is 1. The van der Waals surface area contributed by atoms with Gasteiger partial charge in [-0.25, -0.2) is 0 Å². The van der Waals surface area contributed by atoms with E-state index in [4.69, 9.17) is 23.2 Å². The Morgan fingerprint density at radius 2 is 1.35 bits per heavy atom. The van der Waals surface area contributed by atoms with E-state index in [-0.39, 0.29) is 11.9 Å². The summed E-state index contributed by atoms with van der Waals surface area (Å²) < 4.78 is 0. The number of carbonyl (C=O) groups excluding carboxylic acids is 1. The van der Waals surface area contributed by atoms with Gasteiger partial charge in [-0.05, 0) is 58.7 Å². The summed E-state index contributed by atoms with van der Waals surface area (Å²) in [5.74, 6) is 0.0996. The lowest BCUT2D eigenvalue weighted by Gasteiger charge is -2.24. The van der Waals surface area contributed by atoms with Gasteiger partial charge in [-0.2, -0.15) is 0 Å². The SMILES string of the molecule is C[C@@H](NCCC(=O)N(Cc1ccc(Cl)cc1)Cc1ccc(Cl)cc1)c1cccc2ccccc12. The largest absolute Gasteiger partial charge is 0.334 e. The Kier molecular flexibility index (Phi) is 8.23. The molecular weight excluding hydrogens is 463 g/mol. The number of amides is 1. The van der Waals surface area contributed by atoms with Crippen LogP contribution in [0.4, 0.5) is 0 Å². The Balaban J connectivity index is 1.41. The van der Waals surface area contributed by atoms with Gasteiger partial charge in [0.15, 0.2) is 0 Å². The third-order valence-electron chi connectivity index (χ3n) is 6.01. The van der Waals surface area contributed by atoms with E-state index in [0.717, 1.165) is 11.1 Å². The first-order chi connectivity index (χ1) is 16.5. The zero-order valence-corrected chi connectivity index (χ0v) is 20.7. The maximum absolute atomic E-state index is 13.3. The maximum Gasteiger partial charge on any atom is 0.224 e. The normalized spacial score (nSPS) is 12.0. The van der Waals surface area contributed by atoms with Crippen LogP contribution in [0.1, 0.15) is 36.1 Å². The van der Waals surface area contributed by atoms with Gasteiger partial charge in [-0.1, -0.05) is 89.9 Å². The van der Waals surface area contributed by atoms with Gasteiger partial charge >= 0.3 is 0 Å². The zero-order valence-electron chi connectivity index (χ0n) is 19.2. The second-order valence-corrected chi connectivity index (χ2v) is 9.37. The first-order valence-corrected chi connectivity index (χ1v) is 12.2. The molecule has 4 aromatic rings. The van der Waals surface area contributed by atoms with Crippen molar-refractivity contribution in [3.05, 3.63) is 118 Å². The van der Waals surface area contributed by atoms with Gasteiger partial charge in [-0.3, -0.25) is 4.79 Å². The third kappa shape index (κ3) is 6.38. The molecule has 0 unspecified atom stereocenters. The van der Waals surface area contributed by atoms with Crippen molar-refractivity contribution in [3.8, 4) is 0 Å². The molecule has 174 valence electrons. The van der Waals surface area contributed by atoms with Crippen LogP contribution in [0.15, 0.2) is 91.0 Å². The second kappa shape index (κ2) is 11.5. The lowest BCUT2D eigenvalue weighted by atomic mass is 9.99. The summed E-state index contributed by atoms with van der Waals surface area (Å²) in [6.45, 7) is 3.79. The molecule has 5 heteroatoms. The van der Waals surface area contributed by atoms with Gasteiger partial charge in [0.05, 0.1) is 0 Å². The molecule has 0 aromatic heterocycles. The van der Waals surface area contributed by atoms with Crippen molar-refractivity contribution in [3.63, 3.8) is 0 Å². The molecule has 0 heterocycles. The molecule has 0 saturated carbocycles. The lowest BCUT2D eigenvalue weighted by Crippen LogP contribution is -2.33. The maximum atomic E-state index is 13.3. The number of fused-ring (bicyclic) bond motifs is 1. The fourth-order valence-electron chi connectivity index (χ4n) is 4.14. The number of carbonyl (C=O) groups is 1. The Hall–Kier alpha value is -2.85. The molecule has 1 amide bonds. The zero-order chi connectivity index (χ0) is 23.9. The minimum atomic E-state index is 0.0996. The third-order valence-corrected chi connectivity index (χ3v) is 6.51. The summed E-state index contributed by atoms with van der Waals surface area (Å²) in [6, 6.07) is 30.2. The van der Waals surface area contributed by atoms with Gasteiger partial charge < -0.3 is 10.2 Å². The Morgan fingerprint density at radius 3 is 1.97 bits per heavy atom. The number of rotatable bonds is 9. The fraction of sp³-hybridized carbons (Fsp3) is 0.207. The van der Waals surface area contributed by atoms with Crippen molar-refractivity contribution in [1.29, 1.82) is 0 Å². The summed E-state index contributed by atoms with van der Waals surface area (Å²) in [5, 5.41) is 7.37. The summed E-state index contributed by atoms with van der Waals surface area (Å²) >= 11 is 12.1. The number of hydrogen-bond acceptors (Lipinski definition) is 2. The van der Waals surface area contributed by atoms with Gasteiger partial charge in [0, 0.05) is 42.1 Å². The molecule has 0 radical (unpaired) electrons. The van der Waals surface area contributed by atoms with Crippen LogP contribution in [-0.2, 0) is 17.9 Å². The average molecular weight is 491 g/mol. The molecule has 34 heavy (non-hydrogen) atoms. The van der Waals surface area contributed by atoms with Crippen LogP contribution in [0.3, 0.4) is 0 Å². The Morgan fingerprint density at radius 1 is 0.794 bits per heavy atom. The molecular formula is C29H28Cl2N2O. The molecule has 1 atom stereocenters. The summed E-state index contributed by atoms with van der Waals surface area (Å²) in [4.78, 5) is 15.1. The van der Waals surface area contributed by atoms with Gasteiger partial charge in [0.25, 0.3) is 0 Å². The Labute approximate surface area is 211 Å². The smallest absolute Gasteiger partial charge is 0.224 e. The number of hydrogen-bond donors (Lipinski definition) is 1. The highest BCUT2D eigenvalue weighted by Crippen LogP contribution is 2.24. The molecule has 0 aliphatic rings. The number of nitrogens with one attached hydrogen (secondary N) is 1. The van der Waals surface area contributed by atoms with Crippen molar-refractivity contribution in [2.24, 2.45) is 0 Å². The monoisotopic (exact) mass is 490 g/mol. The first-order valence-electron chi connectivity index (χ1n) is 11.5. The van der Waals surface area contributed by atoms with E-state index >= 15 is 0 Å². The molecule has 0 spiro atoms. The standard InChI is InChI=1S/C29H28Cl2N2O/c1-21(27-8-4-6-24-5-2-3-7-28(24)27)32-18-17-29(34)33(19-22-9-13-25(30)14-10-22)20-23-11-15-26(31)16-12-23/h2-16,21,32H,17-20H2,1H3/t21-/m1/s1. The highest BCUT2D eigenvalue weighted by molar-refractivity contribution is 6.30. The van der Waals surface area contributed by atoms with Crippen LogP contribution in [0.25, 0.3) is 10.8 Å². The minimum absolute atomic E-state index is 0.0996. The van der Waals surface area contributed by atoms with E-state index in [0.29, 0.717) is 36.1 Å². The van der Waals surface area contributed by atoms with E-state index in [2.05, 4.69) is 54.7 Å². The van der Waals surface area contributed by atoms with E-state index < -0.39 is 0 Å². The molecule has 1 N–H and O–H groups in total. The molecule has 0 bridgehead atoms. The van der Waals surface area contributed by atoms with E-state index in [9.17, 15) is 4.79 Å². The van der Waals surface area contributed by atoms with E-state index in [1.54, 1.807) is 0 Å². The molecule has 0 saturated heterocycles. The Bertz CT molecular complexity index is 1190. The molecule has 4 rings (SSSR count). The van der Waals surface area contributed by atoms with Crippen molar-refractivity contribution in [2.45, 2.75) is 32.5 Å². The van der Waals surface area contributed by atoms with Gasteiger partial charge in [0.1, 0.15) is 0 Å². The number of benzene rings is 4. The molecule has 3 nitrogen and oxygen atoms in total. The van der Waals surface area contributed by atoms with E-state index in [1.165, 1.54) is 16.3 Å². The van der Waals surface area contributed by atoms with Crippen molar-refractivity contribution < 1.29 is 4.79 Å². The summed E-state index contributed by atoms with van der Waals surface area (Å²) in [5.41, 5.74) is 3.33. The van der Waals surface area contributed by atoms with Gasteiger partial charge in [-0.15, -0.1) is 0 Å². The van der Waals surface area contributed by atoms with Crippen molar-refractivity contribution in [2.75, 3.05) is 6.54 Å². The van der Waals surface area contributed by atoms with Crippen molar-refractivity contribution >= 4 is 39.9 Å². The summed E-state index contributed by atoms with van der Waals surface area (Å²) in [6.07, 6.45) is 0.413. The molecule has 0 aliphatic heterocycles. The predicted molar refractivity (Wildman–Crippen MR) is 142 cm³/mol. The second-order valence-electron chi connectivity index (χ2n) is 8.50. The van der Waals surface area contributed by atoms with Crippen LogP contribution in [0.5, 0.6) is 0 Å². The predicted octanol–water partition coefficient (Wildman–Crippen LogP) is 7.42. The highest BCUT2D eigenvalue weighted by Gasteiger charge is 2.16. The van der Waals surface area contributed by atoms with Crippen LogP contribution in [0.2, 0.25) is 10.0 Å². The molecule has 4 aromatic carbocycles. The van der Waals surface area contributed by atoms with Crippen LogP contribution in [-0.4, -0.2) is 17.4 Å². The van der Waals surface area contributed by atoms with Crippen LogP contribution in [0, 0.1) is 0 Å². The topological polar surface area (TPSA) is 32.3 Å². The fourth-order valence-corrected chi connectivity index (χ4v) is 4.40. The first kappa shape index (κ1) is 24.3. The molecule has 0 fully saturated rings. The quantitative estimate of drug-likeness (QED) is 0.264. The van der Waals surface area contributed by atoms with Gasteiger partial charge in [0.2, 0.25) is 5.91 Å². The number of halogens is 2. The average Bonchev–Trinajstić information content (AvgIpc) is 2.85. The van der Waals surface area contributed by atoms with Crippen molar-refractivity contribution in [1.82, 2.24) is 10.2 Å². The minimum Gasteiger partial charge on any atom is -0.334 e. The lowest BCUT2D eigenvalue weighted by molar-refractivity contribution is -0.132. The highest BCUT2D eigenvalue weighted by atomic mass is 35.5. The molecule has 0 aliphatic carbocycles. The van der Waals surface area contributed by atoms with Crippen LogP contribution < -0.4 is 5.32 Å². The van der Waals surface area contributed by atoms with Crippen LogP contribution >= 0.6 is 23.2 Å². The van der Waals surface area contributed by atoms with E-state index in [1.807, 2.05) is 53.4 Å².